The number of anilines is 1. The van der Waals surface area contributed by atoms with Crippen molar-refractivity contribution in [2.24, 2.45) is 0 Å². The third-order valence-electron chi connectivity index (χ3n) is 1.41. The SMILES string of the molecule is N#Cc1cnc(NCCCO)cn1. The van der Waals surface area contributed by atoms with Crippen molar-refractivity contribution in [1.29, 1.82) is 5.26 Å². The topological polar surface area (TPSA) is 81.8 Å². The molecule has 0 saturated carbocycles. The summed E-state index contributed by atoms with van der Waals surface area (Å²) in [4.78, 5) is 7.77. The highest BCUT2D eigenvalue weighted by Crippen LogP contribution is 1.99. The van der Waals surface area contributed by atoms with Crippen LogP contribution in [-0.2, 0) is 0 Å². The van der Waals surface area contributed by atoms with Crippen LogP contribution in [0.25, 0.3) is 0 Å². The van der Waals surface area contributed by atoms with Crippen LogP contribution in [0.4, 0.5) is 5.82 Å². The number of aromatic nitrogens is 2. The Morgan fingerprint density at radius 3 is 2.85 bits per heavy atom. The van der Waals surface area contributed by atoms with E-state index in [1.165, 1.54) is 12.4 Å². The standard InChI is InChI=1S/C8H10N4O/c9-4-7-5-12-8(6-11-7)10-2-1-3-13/h5-6,13H,1-3H2,(H,10,12). The fourth-order valence-corrected chi connectivity index (χ4v) is 0.773. The van der Waals surface area contributed by atoms with Gasteiger partial charge < -0.3 is 10.4 Å². The first kappa shape index (κ1) is 9.42. The van der Waals surface area contributed by atoms with Crippen LogP contribution in [-0.4, -0.2) is 28.2 Å². The van der Waals surface area contributed by atoms with Crippen molar-refractivity contribution in [3.63, 3.8) is 0 Å². The van der Waals surface area contributed by atoms with E-state index >= 15 is 0 Å². The van der Waals surface area contributed by atoms with Gasteiger partial charge in [0.1, 0.15) is 11.9 Å². The lowest BCUT2D eigenvalue weighted by Gasteiger charge is -2.02. The van der Waals surface area contributed by atoms with Gasteiger partial charge in [-0.25, -0.2) is 9.97 Å². The number of nitriles is 1. The first-order valence-corrected chi connectivity index (χ1v) is 3.93. The molecule has 5 heteroatoms. The van der Waals surface area contributed by atoms with E-state index in [2.05, 4.69) is 15.3 Å². The smallest absolute Gasteiger partial charge is 0.158 e. The Bertz CT molecular complexity index is 290. The number of nitrogens with one attached hydrogen (secondary N) is 1. The number of hydrogen-bond donors (Lipinski definition) is 2. The number of aliphatic hydroxyl groups is 1. The van der Waals surface area contributed by atoms with Crippen LogP contribution in [0.15, 0.2) is 12.4 Å². The minimum absolute atomic E-state index is 0.150. The normalized spacial score (nSPS) is 9.23. The average Bonchev–Trinajstić information content (AvgIpc) is 2.19. The maximum atomic E-state index is 8.51. The number of rotatable bonds is 4. The van der Waals surface area contributed by atoms with Crippen molar-refractivity contribution >= 4 is 5.82 Å². The summed E-state index contributed by atoms with van der Waals surface area (Å²) in [7, 11) is 0. The summed E-state index contributed by atoms with van der Waals surface area (Å²) in [5.74, 6) is 0.618. The summed E-state index contributed by atoms with van der Waals surface area (Å²) >= 11 is 0. The van der Waals surface area contributed by atoms with E-state index < -0.39 is 0 Å². The molecule has 0 saturated heterocycles. The first-order chi connectivity index (χ1) is 6.36. The Labute approximate surface area is 76.1 Å². The van der Waals surface area contributed by atoms with E-state index in [1.807, 2.05) is 6.07 Å². The van der Waals surface area contributed by atoms with Crippen LogP contribution < -0.4 is 5.32 Å². The van der Waals surface area contributed by atoms with Gasteiger partial charge in [-0.05, 0) is 6.42 Å². The minimum Gasteiger partial charge on any atom is -0.396 e. The van der Waals surface area contributed by atoms with Crippen LogP contribution in [0.3, 0.4) is 0 Å². The second kappa shape index (κ2) is 5.06. The molecule has 2 N–H and O–H groups in total. The van der Waals surface area contributed by atoms with Gasteiger partial charge in [-0.1, -0.05) is 0 Å². The predicted octanol–water partition coefficient (Wildman–Crippen LogP) is 0.143. The quantitative estimate of drug-likeness (QED) is 0.641. The summed E-state index contributed by atoms with van der Waals surface area (Å²) in [6.45, 7) is 0.799. The zero-order chi connectivity index (χ0) is 9.52. The summed E-state index contributed by atoms with van der Waals surface area (Å²) in [6, 6.07) is 1.88. The largest absolute Gasteiger partial charge is 0.396 e. The zero-order valence-electron chi connectivity index (χ0n) is 7.06. The monoisotopic (exact) mass is 178 g/mol. The lowest BCUT2D eigenvalue weighted by Crippen LogP contribution is -2.05. The molecule has 0 unspecified atom stereocenters. The predicted molar refractivity (Wildman–Crippen MR) is 46.9 cm³/mol. The third kappa shape index (κ3) is 3.05. The van der Waals surface area contributed by atoms with Crippen LogP contribution in [0.2, 0.25) is 0 Å². The van der Waals surface area contributed by atoms with Gasteiger partial charge in [-0.2, -0.15) is 5.26 Å². The molecule has 0 spiro atoms. The van der Waals surface area contributed by atoms with Gasteiger partial charge in [0.15, 0.2) is 5.69 Å². The second-order valence-electron chi connectivity index (χ2n) is 2.40. The molecule has 0 atom stereocenters. The third-order valence-corrected chi connectivity index (χ3v) is 1.41. The van der Waals surface area contributed by atoms with Crippen molar-refractivity contribution in [3.05, 3.63) is 18.1 Å². The highest BCUT2D eigenvalue weighted by Gasteiger charge is 1.94. The molecule has 1 rings (SSSR count). The van der Waals surface area contributed by atoms with Crippen LogP contribution in [0.1, 0.15) is 12.1 Å². The highest BCUT2D eigenvalue weighted by atomic mass is 16.3. The van der Waals surface area contributed by atoms with Crippen molar-refractivity contribution in [2.75, 3.05) is 18.5 Å². The van der Waals surface area contributed by atoms with Crippen LogP contribution in [0, 0.1) is 11.3 Å². The lowest BCUT2D eigenvalue weighted by atomic mass is 10.4. The van der Waals surface area contributed by atoms with Gasteiger partial charge >= 0.3 is 0 Å². The fourth-order valence-electron chi connectivity index (χ4n) is 0.773. The van der Waals surface area contributed by atoms with Crippen molar-refractivity contribution < 1.29 is 5.11 Å². The molecule has 68 valence electrons. The van der Waals surface area contributed by atoms with Gasteiger partial charge in [-0.3, -0.25) is 0 Å². The maximum absolute atomic E-state index is 8.51. The summed E-state index contributed by atoms with van der Waals surface area (Å²) in [6.07, 6.45) is 3.57. The maximum Gasteiger partial charge on any atom is 0.158 e. The zero-order valence-corrected chi connectivity index (χ0v) is 7.06. The molecule has 0 aromatic carbocycles. The summed E-state index contributed by atoms with van der Waals surface area (Å²) in [5, 5.41) is 19.9. The van der Waals surface area contributed by atoms with E-state index in [0.717, 1.165) is 0 Å². The highest BCUT2D eigenvalue weighted by molar-refractivity contribution is 5.32. The van der Waals surface area contributed by atoms with E-state index in [4.69, 9.17) is 10.4 Å². The van der Waals surface area contributed by atoms with Gasteiger partial charge in [0.2, 0.25) is 0 Å². The number of hydrogen-bond acceptors (Lipinski definition) is 5. The Hall–Kier alpha value is -1.67. The van der Waals surface area contributed by atoms with E-state index in [0.29, 0.717) is 24.5 Å². The Balaban J connectivity index is 2.46. The molecule has 0 aliphatic carbocycles. The van der Waals surface area contributed by atoms with E-state index in [1.54, 1.807) is 0 Å². The first-order valence-electron chi connectivity index (χ1n) is 3.93. The summed E-state index contributed by atoms with van der Waals surface area (Å²) in [5.41, 5.74) is 0.299. The molecule has 0 aliphatic rings. The van der Waals surface area contributed by atoms with Crippen LogP contribution >= 0.6 is 0 Å². The molecule has 1 aromatic rings. The van der Waals surface area contributed by atoms with Gasteiger partial charge in [0, 0.05) is 13.2 Å². The molecule has 5 nitrogen and oxygen atoms in total. The molecular formula is C8H10N4O. The Morgan fingerprint density at radius 2 is 2.31 bits per heavy atom. The van der Waals surface area contributed by atoms with Crippen LogP contribution in [0.5, 0.6) is 0 Å². The summed E-state index contributed by atoms with van der Waals surface area (Å²) < 4.78 is 0. The van der Waals surface area contributed by atoms with Gasteiger partial charge in [0.25, 0.3) is 0 Å². The lowest BCUT2D eigenvalue weighted by molar-refractivity contribution is 0.292. The van der Waals surface area contributed by atoms with Gasteiger partial charge in [-0.15, -0.1) is 0 Å². The van der Waals surface area contributed by atoms with Crippen molar-refractivity contribution in [3.8, 4) is 6.07 Å². The van der Waals surface area contributed by atoms with Gasteiger partial charge in [0.05, 0.1) is 12.4 Å². The molecule has 0 aliphatic heterocycles. The molecule has 13 heavy (non-hydrogen) atoms. The second-order valence-corrected chi connectivity index (χ2v) is 2.40. The molecule has 0 fully saturated rings. The van der Waals surface area contributed by atoms with Crippen molar-refractivity contribution in [2.45, 2.75) is 6.42 Å². The van der Waals surface area contributed by atoms with Crippen molar-refractivity contribution in [1.82, 2.24) is 9.97 Å². The Kier molecular flexibility index (Phi) is 3.67. The molecular weight excluding hydrogens is 168 g/mol. The average molecular weight is 178 g/mol. The minimum atomic E-state index is 0.150. The fraction of sp³-hybridized carbons (Fsp3) is 0.375. The number of aliphatic hydroxyl groups excluding tert-OH is 1. The molecule has 0 radical (unpaired) electrons. The Morgan fingerprint density at radius 1 is 1.46 bits per heavy atom. The molecule has 1 aromatic heterocycles. The van der Waals surface area contributed by atoms with E-state index in [9.17, 15) is 0 Å². The molecule has 0 bridgehead atoms. The number of nitrogens with zero attached hydrogens (tertiary/aromatic N) is 3. The molecule has 1 heterocycles. The molecule has 0 amide bonds. The van der Waals surface area contributed by atoms with E-state index in [-0.39, 0.29) is 6.61 Å².